The lowest BCUT2D eigenvalue weighted by atomic mass is 10.0. The van der Waals surface area contributed by atoms with Crippen molar-refractivity contribution in [2.45, 2.75) is 6.54 Å². The molecule has 3 aromatic rings. The normalized spacial score (nSPS) is 10.9. The molecule has 0 aromatic heterocycles. The number of amides is 1. The summed E-state index contributed by atoms with van der Waals surface area (Å²) in [6.45, 7) is 0.478. The second kappa shape index (κ2) is 9.48. The van der Waals surface area contributed by atoms with E-state index in [0.29, 0.717) is 29.7 Å². The van der Waals surface area contributed by atoms with E-state index in [-0.39, 0.29) is 12.7 Å². The predicted molar refractivity (Wildman–Crippen MR) is 109 cm³/mol. The first-order chi connectivity index (χ1) is 13.7. The van der Waals surface area contributed by atoms with Gasteiger partial charge < -0.3 is 14.8 Å². The Hall–Kier alpha value is -3.44. The lowest BCUT2D eigenvalue weighted by Crippen LogP contribution is -2.23. The molecule has 3 aromatic carbocycles. The van der Waals surface area contributed by atoms with Crippen LogP contribution in [0.1, 0.15) is 21.5 Å². The van der Waals surface area contributed by atoms with E-state index in [2.05, 4.69) is 17.4 Å². The summed E-state index contributed by atoms with van der Waals surface area (Å²) in [6.07, 6.45) is 3.62. The van der Waals surface area contributed by atoms with Gasteiger partial charge in [-0.3, -0.25) is 9.59 Å². The van der Waals surface area contributed by atoms with Crippen LogP contribution in [-0.2, 0) is 16.1 Å². The number of carbonyl (C=O) groups is 2. The largest absolute Gasteiger partial charge is 0.468 e. The molecule has 0 aliphatic heterocycles. The number of methoxy groups -OCH3 is 1. The third-order valence-electron chi connectivity index (χ3n) is 4.23. The molecule has 0 aliphatic rings. The van der Waals surface area contributed by atoms with Gasteiger partial charge in [0.1, 0.15) is 12.0 Å². The molecule has 0 unspecified atom stereocenters. The van der Waals surface area contributed by atoms with Gasteiger partial charge in [-0.25, -0.2) is 0 Å². The molecule has 0 atom stereocenters. The molecule has 1 N–H and O–H groups in total. The first-order valence-electron chi connectivity index (χ1n) is 8.85. The van der Waals surface area contributed by atoms with Crippen molar-refractivity contribution in [2.24, 2.45) is 0 Å². The highest BCUT2D eigenvalue weighted by Crippen LogP contribution is 2.20. The molecule has 5 nitrogen and oxygen atoms in total. The smallest absolute Gasteiger partial charge is 0.252 e. The van der Waals surface area contributed by atoms with E-state index in [0.717, 1.165) is 16.3 Å². The van der Waals surface area contributed by atoms with Gasteiger partial charge in [-0.15, -0.1) is 0 Å². The molecule has 0 heterocycles. The number of benzene rings is 3. The minimum absolute atomic E-state index is 0.0850. The molecule has 0 aliphatic carbocycles. The van der Waals surface area contributed by atoms with Gasteiger partial charge in [0.05, 0.1) is 5.56 Å². The number of hydrogen-bond donors (Lipinski definition) is 1. The summed E-state index contributed by atoms with van der Waals surface area (Å²) in [6, 6.07) is 19.3. The van der Waals surface area contributed by atoms with Crippen LogP contribution < -0.4 is 10.1 Å². The van der Waals surface area contributed by atoms with Crippen LogP contribution >= 0.6 is 0 Å². The first kappa shape index (κ1) is 19.3. The Labute approximate surface area is 163 Å². The highest BCUT2D eigenvalue weighted by Gasteiger charge is 2.12. The summed E-state index contributed by atoms with van der Waals surface area (Å²) >= 11 is 0. The third kappa shape index (κ3) is 4.84. The number of carbonyl (C=O) groups excluding carboxylic acids is 2. The van der Waals surface area contributed by atoms with Crippen molar-refractivity contribution < 1.29 is 19.1 Å². The lowest BCUT2D eigenvalue weighted by molar-refractivity contribution is -0.104. The first-order valence-corrected chi connectivity index (χ1v) is 8.85. The van der Waals surface area contributed by atoms with Crippen molar-refractivity contribution in [3.63, 3.8) is 0 Å². The lowest BCUT2D eigenvalue weighted by Gasteiger charge is -2.11. The number of nitrogens with one attached hydrogen (secondary N) is 1. The molecule has 28 heavy (non-hydrogen) atoms. The van der Waals surface area contributed by atoms with Crippen LogP contribution in [0.3, 0.4) is 0 Å². The maximum atomic E-state index is 12.8. The number of rotatable bonds is 8. The van der Waals surface area contributed by atoms with Gasteiger partial charge in [-0.2, -0.15) is 0 Å². The van der Waals surface area contributed by atoms with E-state index < -0.39 is 0 Å². The number of hydrogen-bond acceptors (Lipinski definition) is 4. The van der Waals surface area contributed by atoms with Gasteiger partial charge in [0.2, 0.25) is 0 Å². The summed E-state index contributed by atoms with van der Waals surface area (Å²) in [7, 11) is 1.53. The minimum atomic E-state index is -0.249. The number of fused-ring (bicyclic) bond motifs is 1. The number of allylic oxidation sites excluding steroid dienone is 1. The fourth-order valence-electron chi connectivity index (χ4n) is 2.86. The van der Waals surface area contributed by atoms with Gasteiger partial charge in [-0.05, 0) is 46.2 Å². The molecule has 142 valence electrons. The predicted octanol–water partition coefficient (Wildman–Crippen LogP) is 3.96. The van der Waals surface area contributed by atoms with Crippen LogP contribution in [-0.4, -0.2) is 26.1 Å². The summed E-state index contributed by atoms with van der Waals surface area (Å²) < 4.78 is 10.3. The molecule has 0 fully saturated rings. The quantitative estimate of drug-likeness (QED) is 0.368. The average Bonchev–Trinajstić information content (AvgIpc) is 2.74. The van der Waals surface area contributed by atoms with Gasteiger partial charge >= 0.3 is 0 Å². The van der Waals surface area contributed by atoms with Gasteiger partial charge in [0.15, 0.2) is 6.79 Å². The zero-order valence-corrected chi connectivity index (χ0v) is 15.6. The fourth-order valence-corrected chi connectivity index (χ4v) is 2.86. The average molecular weight is 375 g/mol. The molecule has 0 spiro atoms. The summed E-state index contributed by atoms with van der Waals surface area (Å²) in [4.78, 5) is 23.4. The second-order valence-corrected chi connectivity index (χ2v) is 6.16. The van der Waals surface area contributed by atoms with Crippen molar-refractivity contribution in [3.8, 4) is 5.75 Å². The summed E-state index contributed by atoms with van der Waals surface area (Å²) in [5, 5.41) is 5.21. The van der Waals surface area contributed by atoms with Crippen molar-refractivity contribution in [1.29, 1.82) is 0 Å². The number of ether oxygens (including phenoxy) is 2. The zero-order chi connectivity index (χ0) is 19.8. The van der Waals surface area contributed by atoms with Crippen molar-refractivity contribution in [2.75, 3.05) is 13.9 Å². The molecule has 0 saturated carbocycles. The second-order valence-electron chi connectivity index (χ2n) is 6.16. The van der Waals surface area contributed by atoms with Gasteiger partial charge in [-0.1, -0.05) is 48.5 Å². The van der Waals surface area contributed by atoms with E-state index in [9.17, 15) is 9.59 Å². The van der Waals surface area contributed by atoms with E-state index in [1.165, 1.54) is 13.2 Å². The fraction of sp³-hybridized carbons (Fsp3) is 0.130. The molecular formula is C23H21NO4. The highest BCUT2D eigenvalue weighted by atomic mass is 16.7. The molecular weight excluding hydrogens is 354 g/mol. The van der Waals surface area contributed by atoms with E-state index >= 15 is 0 Å². The molecule has 0 bridgehead atoms. The van der Waals surface area contributed by atoms with Crippen molar-refractivity contribution in [1.82, 2.24) is 5.32 Å². The summed E-state index contributed by atoms with van der Waals surface area (Å²) in [5.74, 6) is 0.266. The number of aldehydes is 1. The highest BCUT2D eigenvalue weighted by molar-refractivity contribution is 5.98. The van der Waals surface area contributed by atoms with E-state index in [1.807, 2.05) is 30.3 Å². The molecule has 1 amide bonds. The minimum Gasteiger partial charge on any atom is -0.468 e. The Kier molecular flexibility index (Phi) is 6.54. The maximum absolute atomic E-state index is 12.8. The van der Waals surface area contributed by atoms with E-state index in [4.69, 9.17) is 9.47 Å². The Bertz CT molecular complexity index is 1010. The maximum Gasteiger partial charge on any atom is 0.252 e. The van der Waals surface area contributed by atoms with Crippen LogP contribution in [0.5, 0.6) is 5.75 Å². The van der Waals surface area contributed by atoms with E-state index in [1.54, 1.807) is 24.3 Å². The SMILES string of the molecule is COCOc1ccc(/C=C/C=O)c(C(=O)NCc2ccc3ccccc3c2)c1. The molecule has 0 radical (unpaired) electrons. The van der Waals surface area contributed by atoms with Crippen molar-refractivity contribution in [3.05, 3.63) is 83.4 Å². The van der Waals surface area contributed by atoms with Crippen LogP contribution in [0, 0.1) is 0 Å². The standard InChI is InChI=1S/C23H21NO4/c1-27-16-28-21-11-10-19(7-4-12-25)22(14-21)23(26)24-15-17-8-9-18-5-2-3-6-20(18)13-17/h2-14H,15-16H2,1H3,(H,24,26)/b7-4+. The monoisotopic (exact) mass is 375 g/mol. The van der Waals surface area contributed by atoms with Crippen molar-refractivity contribution >= 4 is 29.0 Å². The van der Waals surface area contributed by atoms with Crippen LogP contribution in [0.2, 0.25) is 0 Å². The Balaban J connectivity index is 1.78. The third-order valence-corrected chi connectivity index (χ3v) is 4.23. The Morgan fingerprint density at radius 3 is 2.64 bits per heavy atom. The van der Waals surface area contributed by atoms with Gasteiger partial charge in [0.25, 0.3) is 5.91 Å². The topological polar surface area (TPSA) is 64.6 Å². The Morgan fingerprint density at radius 1 is 1.04 bits per heavy atom. The Morgan fingerprint density at radius 2 is 1.86 bits per heavy atom. The van der Waals surface area contributed by atoms with Crippen LogP contribution in [0.15, 0.2) is 66.7 Å². The van der Waals surface area contributed by atoms with Crippen LogP contribution in [0.25, 0.3) is 16.8 Å². The molecule has 5 heteroatoms. The van der Waals surface area contributed by atoms with Gasteiger partial charge in [0, 0.05) is 13.7 Å². The van der Waals surface area contributed by atoms with Crippen LogP contribution in [0.4, 0.5) is 0 Å². The zero-order valence-electron chi connectivity index (χ0n) is 15.6. The summed E-state index contributed by atoms with van der Waals surface area (Å²) in [5.41, 5.74) is 2.06. The molecule has 0 saturated heterocycles. The molecule has 3 rings (SSSR count).